The molecule has 19 heteroatoms. The molecule has 0 aliphatic rings. The number of carboxylic acids is 1. The standard InChI is InChI=1S/C40H55N7O11S/c1-5-14-55-17-19-57-20-18-56-15-7-11-41-35(48)8-6-16-58-30-21-27(2)37(28(3)22-30)59(53,54)46-33(39(51)52)25-44-38(50)32-26-47(4)34-23-29(9-10-31(34)36(32)49)24-45-40-42-12-13-43-40/h9-10,12-13,21-23,26,33,46H,5-8,11,14-20,24-25H2,1-4H3,(H,41,48)(H,44,50)(H,51,52)(H2,42,43,45). The minimum absolute atomic E-state index is 0.127. The maximum absolute atomic E-state index is 13.5. The highest BCUT2D eigenvalue weighted by Crippen LogP contribution is 2.26. The Bertz CT molecular complexity index is 2150. The van der Waals surface area contributed by atoms with Crippen LogP contribution in [0.25, 0.3) is 10.9 Å². The second-order valence-corrected chi connectivity index (χ2v) is 15.4. The highest BCUT2D eigenvalue weighted by molar-refractivity contribution is 7.89. The van der Waals surface area contributed by atoms with Gasteiger partial charge in [-0.25, -0.2) is 13.4 Å². The summed E-state index contributed by atoms with van der Waals surface area (Å²) in [6.07, 6.45) is 6.94. The van der Waals surface area contributed by atoms with Crippen LogP contribution in [-0.2, 0) is 47.4 Å². The molecule has 4 rings (SSSR count). The number of fused-ring (bicyclic) bond motifs is 1. The van der Waals surface area contributed by atoms with Crippen molar-refractivity contribution in [1.29, 1.82) is 0 Å². The molecule has 0 bridgehead atoms. The monoisotopic (exact) mass is 841 g/mol. The van der Waals surface area contributed by atoms with Crippen molar-refractivity contribution in [1.82, 2.24) is 29.9 Å². The van der Waals surface area contributed by atoms with Gasteiger partial charge in [0.2, 0.25) is 21.4 Å². The summed E-state index contributed by atoms with van der Waals surface area (Å²) in [6, 6.07) is 6.42. The molecule has 2 aromatic heterocycles. The number of imidazole rings is 1. The first-order valence-corrected chi connectivity index (χ1v) is 20.9. The van der Waals surface area contributed by atoms with E-state index < -0.39 is 39.9 Å². The molecule has 0 aliphatic carbocycles. The predicted molar refractivity (Wildman–Crippen MR) is 220 cm³/mol. The molecule has 0 fully saturated rings. The van der Waals surface area contributed by atoms with Crippen molar-refractivity contribution in [3.8, 4) is 5.75 Å². The van der Waals surface area contributed by atoms with Gasteiger partial charge in [0, 0.05) is 70.3 Å². The lowest BCUT2D eigenvalue weighted by atomic mass is 10.1. The third-order valence-corrected chi connectivity index (χ3v) is 10.7. The summed E-state index contributed by atoms with van der Waals surface area (Å²) >= 11 is 0. The van der Waals surface area contributed by atoms with Crippen molar-refractivity contribution < 1.29 is 46.9 Å². The SMILES string of the molecule is CCCOCCOCCOCCCNC(=O)CCCOc1cc(C)c(S(=O)(=O)NC(CNC(=O)c2cn(C)c3cc(CNc4ncc[nH]4)ccc3c2=O)C(=O)O)c(C)c1. The van der Waals surface area contributed by atoms with E-state index in [9.17, 15) is 32.7 Å². The maximum atomic E-state index is 13.5. The van der Waals surface area contributed by atoms with Crippen LogP contribution in [0.3, 0.4) is 0 Å². The van der Waals surface area contributed by atoms with E-state index in [4.69, 9.17) is 18.9 Å². The number of carbonyl (C=O) groups is 3. The fourth-order valence-electron chi connectivity index (χ4n) is 6.08. The van der Waals surface area contributed by atoms with E-state index in [2.05, 4.69) is 30.6 Å². The van der Waals surface area contributed by atoms with E-state index >= 15 is 0 Å². The number of H-pyrrole nitrogens is 1. The molecule has 2 amide bonds. The normalized spacial score (nSPS) is 12.0. The second-order valence-electron chi connectivity index (χ2n) is 13.7. The van der Waals surface area contributed by atoms with Crippen molar-refractivity contribution in [3.05, 3.63) is 81.4 Å². The molecular formula is C40H55N7O11S. The highest BCUT2D eigenvalue weighted by atomic mass is 32.2. The molecule has 0 saturated heterocycles. The summed E-state index contributed by atoms with van der Waals surface area (Å²) in [5.41, 5.74) is 1.23. The number of aromatic nitrogens is 3. The van der Waals surface area contributed by atoms with Crippen molar-refractivity contribution in [2.75, 3.05) is 64.7 Å². The fraction of sp³-hybridized carbons (Fsp3) is 0.475. The number of amides is 2. The van der Waals surface area contributed by atoms with Crippen molar-refractivity contribution in [2.45, 2.75) is 63.9 Å². The Hall–Kier alpha value is -5.34. The summed E-state index contributed by atoms with van der Waals surface area (Å²) in [5, 5.41) is 18.5. The van der Waals surface area contributed by atoms with E-state index in [0.717, 1.165) is 18.6 Å². The third-order valence-electron chi connectivity index (χ3n) is 8.92. The van der Waals surface area contributed by atoms with Crippen LogP contribution in [0.1, 0.15) is 59.7 Å². The molecule has 2 heterocycles. The Morgan fingerprint density at radius 2 is 1.63 bits per heavy atom. The third kappa shape index (κ3) is 14.5. The van der Waals surface area contributed by atoms with Crippen LogP contribution in [0, 0.1) is 13.8 Å². The number of benzene rings is 2. The molecule has 0 saturated carbocycles. The highest BCUT2D eigenvalue weighted by Gasteiger charge is 2.29. The summed E-state index contributed by atoms with van der Waals surface area (Å²) < 4.78 is 52.9. The zero-order valence-corrected chi connectivity index (χ0v) is 34.7. The molecule has 59 heavy (non-hydrogen) atoms. The number of aromatic amines is 1. The lowest BCUT2D eigenvalue weighted by Gasteiger charge is -2.19. The van der Waals surface area contributed by atoms with Gasteiger partial charge in [0.25, 0.3) is 5.91 Å². The summed E-state index contributed by atoms with van der Waals surface area (Å²) in [7, 11) is -2.74. The van der Waals surface area contributed by atoms with Gasteiger partial charge in [-0.2, -0.15) is 4.72 Å². The molecule has 1 unspecified atom stereocenters. The Kier molecular flexibility index (Phi) is 18.3. The first kappa shape index (κ1) is 46.4. The average Bonchev–Trinajstić information content (AvgIpc) is 3.72. The quantitative estimate of drug-likeness (QED) is 0.0474. The molecule has 6 N–H and O–H groups in total. The summed E-state index contributed by atoms with van der Waals surface area (Å²) in [5.74, 6) is -1.55. The van der Waals surface area contributed by atoms with E-state index in [-0.39, 0.29) is 34.8 Å². The predicted octanol–water partition coefficient (Wildman–Crippen LogP) is 2.78. The minimum Gasteiger partial charge on any atom is -0.494 e. The second kappa shape index (κ2) is 23.3. The van der Waals surface area contributed by atoms with E-state index in [1.807, 2.05) is 6.92 Å². The smallest absolute Gasteiger partial charge is 0.323 e. The lowest BCUT2D eigenvalue weighted by molar-refractivity contribution is -0.138. The number of hydrogen-bond acceptors (Lipinski definition) is 12. The number of ether oxygens (including phenoxy) is 4. The van der Waals surface area contributed by atoms with Crippen LogP contribution < -0.4 is 30.8 Å². The van der Waals surface area contributed by atoms with E-state index in [1.165, 1.54) is 18.3 Å². The molecule has 0 spiro atoms. The van der Waals surface area contributed by atoms with Gasteiger partial charge in [-0.15, -0.1) is 0 Å². The Morgan fingerprint density at radius 1 is 0.932 bits per heavy atom. The Labute approximate surface area is 343 Å². The molecule has 4 aromatic rings. The molecular weight excluding hydrogens is 787 g/mol. The van der Waals surface area contributed by atoms with Gasteiger partial charge in [0.1, 0.15) is 17.4 Å². The molecule has 0 aliphatic heterocycles. The van der Waals surface area contributed by atoms with Crippen LogP contribution in [0.15, 0.2) is 58.6 Å². The van der Waals surface area contributed by atoms with Gasteiger partial charge < -0.3 is 49.6 Å². The first-order chi connectivity index (χ1) is 28.3. The van der Waals surface area contributed by atoms with Crippen molar-refractivity contribution >= 4 is 44.7 Å². The average molecular weight is 842 g/mol. The number of anilines is 1. The zero-order chi connectivity index (χ0) is 42.8. The number of hydrogen-bond donors (Lipinski definition) is 6. The van der Waals surface area contributed by atoms with Gasteiger partial charge in [0.05, 0.1) is 43.4 Å². The van der Waals surface area contributed by atoms with Crippen LogP contribution in [-0.4, -0.2) is 111 Å². The van der Waals surface area contributed by atoms with E-state index in [0.29, 0.717) is 87.3 Å². The van der Waals surface area contributed by atoms with Crippen LogP contribution in [0.2, 0.25) is 0 Å². The number of carboxylic acid groups (broad SMARTS) is 1. The first-order valence-electron chi connectivity index (χ1n) is 19.4. The van der Waals surface area contributed by atoms with Crippen LogP contribution in [0.5, 0.6) is 5.75 Å². The largest absolute Gasteiger partial charge is 0.494 e. The zero-order valence-electron chi connectivity index (χ0n) is 33.9. The van der Waals surface area contributed by atoms with Gasteiger partial charge in [-0.05, 0) is 74.1 Å². The van der Waals surface area contributed by atoms with Crippen molar-refractivity contribution in [2.24, 2.45) is 7.05 Å². The summed E-state index contributed by atoms with van der Waals surface area (Å²) in [4.78, 5) is 57.8. The van der Waals surface area contributed by atoms with Gasteiger partial charge in [0.15, 0.2) is 5.95 Å². The number of nitrogens with one attached hydrogen (secondary N) is 5. The number of aryl methyl sites for hydroxylation is 3. The Balaban J connectivity index is 1.23. The van der Waals surface area contributed by atoms with Crippen molar-refractivity contribution in [3.63, 3.8) is 0 Å². The van der Waals surface area contributed by atoms with Gasteiger partial charge >= 0.3 is 5.97 Å². The number of aliphatic carboxylic acids is 1. The molecule has 2 aromatic carbocycles. The molecule has 322 valence electrons. The molecule has 18 nitrogen and oxygen atoms in total. The van der Waals surface area contributed by atoms with Crippen LogP contribution in [0.4, 0.5) is 5.95 Å². The van der Waals surface area contributed by atoms with Crippen LogP contribution >= 0.6 is 0 Å². The molecule has 0 radical (unpaired) electrons. The van der Waals surface area contributed by atoms with Gasteiger partial charge in [-0.1, -0.05) is 13.0 Å². The van der Waals surface area contributed by atoms with E-state index in [1.54, 1.807) is 56.1 Å². The number of carbonyl (C=O) groups excluding carboxylic acids is 2. The van der Waals surface area contributed by atoms with Gasteiger partial charge in [-0.3, -0.25) is 19.2 Å². The number of sulfonamides is 1. The molecule has 1 atom stereocenters. The number of pyridine rings is 1. The Morgan fingerprint density at radius 3 is 2.29 bits per heavy atom. The number of nitrogens with zero attached hydrogens (tertiary/aromatic N) is 2. The lowest BCUT2D eigenvalue weighted by Crippen LogP contribution is -2.49. The topological polar surface area (TPSA) is 241 Å². The fourth-order valence-corrected chi connectivity index (χ4v) is 7.72. The summed E-state index contributed by atoms with van der Waals surface area (Å²) in [6.45, 7) is 8.88. The number of rotatable bonds is 27. The minimum atomic E-state index is -4.41. The maximum Gasteiger partial charge on any atom is 0.323 e.